The molecule has 0 fully saturated rings. The number of aromatic nitrogens is 1. The second kappa shape index (κ2) is 3.04. The molecule has 1 heterocycles. The number of pyridine rings is 1. The van der Waals surface area contributed by atoms with E-state index in [4.69, 9.17) is 5.11 Å². The van der Waals surface area contributed by atoms with E-state index in [2.05, 4.69) is 15.8 Å². The maximum Gasteiger partial charge on any atom is 0.216 e. The van der Waals surface area contributed by atoms with Gasteiger partial charge in [0.1, 0.15) is 0 Å². The van der Waals surface area contributed by atoms with Gasteiger partial charge in [-0.1, -0.05) is 0 Å². The van der Waals surface area contributed by atoms with Gasteiger partial charge >= 0.3 is 0 Å². The van der Waals surface area contributed by atoms with Crippen molar-refractivity contribution in [3.8, 4) is 5.88 Å². The van der Waals surface area contributed by atoms with Crippen molar-refractivity contribution in [2.75, 3.05) is 6.79 Å². The Morgan fingerprint density at radius 2 is 2.67 bits per heavy atom. The standard InChI is InChI=1S/C6H6NO2/c8-5-9-6-3-1-2-4-7-6/h2-4,8H,5H2. The van der Waals surface area contributed by atoms with E-state index in [1.807, 2.05) is 0 Å². The monoisotopic (exact) mass is 124 g/mol. The van der Waals surface area contributed by atoms with Crippen molar-refractivity contribution in [1.82, 2.24) is 4.98 Å². The Hall–Kier alpha value is -1.09. The third kappa shape index (κ3) is 1.70. The van der Waals surface area contributed by atoms with Crippen LogP contribution >= 0.6 is 0 Å². The summed E-state index contributed by atoms with van der Waals surface area (Å²) in [5.41, 5.74) is 0. The van der Waals surface area contributed by atoms with Gasteiger partial charge in [0.25, 0.3) is 0 Å². The van der Waals surface area contributed by atoms with E-state index in [0.29, 0.717) is 5.88 Å². The van der Waals surface area contributed by atoms with Crippen molar-refractivity contribution in [3.05, 3.63) is 24.4 Å². The summed E-state index contributed by atoms with van der Waals surface area (Å²) >= 11 is 0. The lowest BCUT2D eigenvalue weighted by Crippen LogP contribution is -1.95. The van der Waals surface area contributed by atoms with Gasteiger partial charge < -0.3 is 9.84 Å². The second-order valence-corrected chi connectivity index (χ2v) is 1.37. The van der Waals surface area contributed by atoms with E-state index in [1.54, 1.807) is 18.3 Å². The molecule has 0 atom stereocenters. The summed E-state index contributed by atoms with van der Waals surface area (Å²) in [7, 11) is 0. The highest BCUT2D eigenvalue weighted by Crippen LogP contribution is 2.00. The van der Waals surface area contributed by atoms with Crippen LogP contribution in [0.15, 0.2) is 18.3 Å². The number of hydrogen-bond acceptors (Lipinski definition) is 3. The molecule has 0 bridgehead atoms. The highest BCUT2D eigenvalue weighted by molar-refractivity contribution is 5.07. The van der Waals surface area contributed by atoms with Gasteiger partial charge in [0.05, 0.1) is 0 Å². The first kappa shape index (κ1) is 6.04. The number of nitrogens with zero attached hydrogens (tertiary/aromatic N) is 1. The number of hydrogen-bond donors (Lipinski definition) is 1. The Bertz CT molecular complexity index is 164. The first-order valence-corrected chi connectivity index (χ1v) is 2.49. The average molecular weight is 124 g/mol. The van der Waals surface area contributed by atoms with Gasteiger partial charge in [0.2, 0.25) is 5.88 Å². The van der Waals surface area contributed by atoms with Gasteiger partial charge in [-0.3, -0.25) is 0 Å². The summed E-state index contributed by atoms with van der Waals surface area (Å²) < 4.78 is 4.62. The smallest absolute Gasteiger partial charge is 0.216 e. The van der Waals surface area contributed by atoms with Gasteiger partial charge in [0.15, 0.2) is 6.79 Å². The van der Waals surface area contributed by atoms with E-state index < -0.39 is 0 Å². The van der Waals surface area contributed by atoms with Crippen LogP contribution in [-0.4, -0.2) is 16.9 Å². The van der Waals surface area contributed by atoms with E-state index >= 15 is 0 Å². The summed E-state index contributed by atoms with van der Waals surface area (Å²) in [6.45, 7) is -0.342. The van der Waals surface area contributed by atoms with Gasteiger partial charge in [0, 0.05) is 12.3 Å². The quantitative estimate of drug-likeness (QED) is 0.573. The lowest BCUT2D eigenvalue weighted by Gasteiger charge is -1.96. The molecule has 47 valence electrons. The maximum atomic E-state index is 8.24. The molecule has 1 aromatic heterocycles. The summed E-state index contributed by atoms with van der Waals surface area (Å²) in [6, 6.07) is 5.96. The molecule has 0 saturated carbocycles. The SMILES string of the molecule is OCOc1c[c]ccn1. The molecule has 1 rings (SSSR count). The molecular weight excluding hydrogens is 118 g/mol. The fourth-order valence-corrected chi connectivity index (χ4v) is 0.456. The highest BCUT2D eigenvalue weighted by atomic mass is 16.6. The number of ether oxygens (including phenoxy) is 1. The van der Waals surface area contributed by atoms with Crippen LogP contribution in [0.4, 0.5) is 0 Å². The number of aliphatic hydroxyl groups excluding tert-OH is 1. The first-order chi connectivity index (χ1) is 4.43. The Labute approximate surface area is 52.9 Å². The molecule has 0 saturated heterocycles. The van der Waals surface area contributed by atoms with Crippen molar-refractivity contribution < 1.29 is 9.84 Å². The molecule has 1 aromatic rings. The Kier molecular flexibility index (Phi) is 2.04. The molecule has 1 radical (unpaired) electrons. The third-order valence-electron chi connectivity index (χ3n) is 0.792. The maximum absolute atomic E-state index is 8.24. The summed E-state index contributed by atoms with van der Waals surface area (Å²) in [4.78, 5) is 3.76. The van der Waals surface area contributed by atoms with Gasteiger partial charge in [-0.15, -0.1) is 0 Å². The first-order valence-electron chi connectivity index (χ1n) is 2.49. The lowest BCUT2D eigenvalue weighted by molar-refractivity contribution is 0.0941. The van der Waals surface area contributed by atoms with Crippen LogP contribution in [-0.2, 0) is 0 Å². The fraction of sp³-hybridized carbons (Fsp3) is 0.167. The minimum Gasteiger partial charge on any atom is -0.451 e. The molecule has 9 heavy (non-hydrogen) atoms. The van der Waals surface area contributed by atoms with Crippen molar-refractivity contribution in [2.24, 2.45) is 0 Å². The van der Waals surface area contributed by atoms with Gasteiger partial charge in [-0.05, 0) is 12.1 Å². The summed E-state index contributed by atoms with van der Waals surface area (Å²) in [5.74, 6) is 0.389. The fourth-order valence-electron chi connectivity index (χ4n) is 0.456. The largest absolute Gasteiger partial charge is 0.451 e. The van der Waals surface area contributed by atoms with Crippen molar-refractivity contribution >= 4 is 0 Å². The highest BCUT2D eigenvalue weighted by Gasteiger charge is 1.86. The second-order valence-electron chi connectivity index (χ2n) is 1.37. The summed E-state index contributed by atoms with van der Waals surface area (Å²) in [6.07, 6.45) is 1.55. The third-order valence-corrected chi connectivity index (χ3v) is 0.792. The zero-order valence-corrected chi connectivity index (χ0v) is 4.74. The van der Waals surface area contributed by atoms with E-state index in [-0.39, 0.29) is 6.79 Å². The van der Waals surface area contributed by atoms with Crippen LogP contribution < -0.4 is 4.74 Å². The van der Waals surface area contributed by atoms with E-state index in [9.17, 15) is 0 Å². The molecule has 3 heteroatoms. The topological polar surface area (TPSA) is 42.4 Å². The summed E-state index contributed by atoms with van der Waals surface area (Å²) in [5, 5.41) is 8.24. The van der Waals surface area contributed by atoms with Crippen molar-refractivity contribution in [2.45, 2.75) is 0 Å². The Morgan fingerprint density at radius 3 is 3.22 bits per heavy atom. The molecule has 0 spiro atoms. The molecule has 0 aromatic carbocycles. The normalized spacial score (nSPS) is 9.00. The molecule has 0 aliphatic heterocycles. The molecular formula is C6H6NO2. The van der Waals surface area contributed by atoms with Crippen LogP contribution in [0, 0.1) is 6.07 Å². The molecule has 0 aliphatic rings. The molecule has 0 aliphatic carbocycles. The number of aliphatic hydroxyl groups is 1. The molecule has 0 amide bonds. The predicted molar refractivity (Wildman–Crippen MR) is 30.8 cm³/mol. The van der Waals surface area contributed by atoms with E-state index in [1.165, 1.54) is 0 Å². The average Bonchev–Trinajstić information content (AvgIpc) is 1.91. The zero-order chi connectivity index (χ0) is 6.53. The van der Waals surface area contributed by atoms with E-state index in [0.717, 1.165) is 0 Å². The van der Waals surface area contributed by atoms with Crippen LogP contribution in [0.2, 0.25) is 0 Å². The Balaban J connectivity index is 2.61. The molecule has 0 unspecified atom stereocenters. The number of rotatable bonds is 2. The van der Waals surface area contributed by atoms with Crippen LogP contribution in [0.25, 0.3) is 0 Å². The lowest BCUT2D eigenvalue weighted by atomic mass is 10.5. The minimum atomic E-state index is -0.342. The molecule has 1 N–H and O–H groups in total. The minimum absolute atomic E-state index is 0.342. The van der Waals surface area contributed by atoms with Crippen LogP contribution in [0.1, 0.15) is 0 Å². The Morgan fingerprint density at radius 1 is 1.78 bits per heavy atom. The van der Waals surface area contributed by atoms with Crippen molar-refractivity contribution in [3.63, 3.8) is 0 Å². The van der Waals surface area contributed by atoms with Crippen molar-refractivity contribution in [1.29, 1.82) is 0 Å². The van der Waals surface area contributed by atoms with Gasteiger partial charge in [-0.2, -0.15) is 0 Å². The van der Waals surface area contributed by atoms with Crippen LogP contribution in [0.3, 0.4) is 0 Å². The van der Waals surface area contributed by atoms with Gasteiger partial charge in [-0.25, -0.2) is 4.98 Å². The van der Waals surface area contributed by atoms with Crippen LogP contribution in [0.5, 0.6) is 5.88 Å². The zero-order valence-electron chi connectivity index (χ0n) is 4.74. The predicted octanol–water partition coefficient (Wildman–Crippen LogP) is 0.210. The molecule has 3 nitrogen and oxygen atoms in total.